The number of rotatable bonds is 10. The predicted octanol–water partition coefficient (Wildman–Crippen LogP) is 7.23. The molecule has 1 aromatic heterocycles. The number of nitrogens with zero attached hydrogens (tertiary/aromatic N) is 2. The number of ether oxygens (including phenoxy) is 1. The van der Waals surface area contributed by atoms with E-state index in [0.717, 1.165) is 49.9 Å². The van der Waals surface area contributed by atoms with Gasteiger partial charge in [0.05, 0.1) is 21.3 Å². The largest absolute Gasteiger partial charge is 0.481 e. The van der Waals surface area contributed by atoms with E-state index in [9.17, 15) is 14.3 Å². The number of carbonyl (C=O) groups is 1. The molecule has 35 heavy (non-hydrogen) atoms. The molecule has 1 unspecified atom stereocenters. The third-order valence-electron chi connectivity index (χ3n) is 5.70. The van der Waals surface area contributed by atoms with E-state index in [1.807, 2.05) is 11.4 Å². The lowest BCUT2D eigenvalue weighted by atomic mass is 9.98. The van der Waals surface area contributed by atoms with E-state index in [1.165, 1.54) is 23.5 Å². The van der Waals surface area contributed by atoms with Crippen molar-refractivity contribution in [1.82, 2.24) is 9.88 Å². The van der Waals surface area contributed by atoms with Crippen molar-refractivity contribution in [2.45, 2.75) is 30.6 Å². The van der Waals surface area contributed by atoms with Gasteiger partial charge in [-0.25, -0.2) is 9.37 Å². The number of halogens is 3. The molecule has 1 atom stereocenters. The SMILES string of the molecule is O=C(O)C1CCCN(CCCc2cc(Cl)ccc2Oc2cc(F)c(SNc3cscn3)cc2Cl)C1. The molecule has 2 N–H and O–H groups in total. The van der Waals surface area contributed by atoms with E-state index >= 15 is 0 Å². The molecule has 0 saturated carbocycles. The molecule has 1 saturated heterocycles. The topological polar surface area (TPSA) is 74.7 Å². The molecular weight excluding hydrogens is 532 g/mol. The smallest absolute Gasteiger partial charge is 0.307 e. The monoisotopic (exact) mass is 555 g/mol. The predicted molar refractivity (Wildman–Crippen MR) is 140 cm³/mol. The lowest BCUT2D eigenvalue weighted by Gasteiger charge is -2.30. The average Bonchev–Trinajstić information content (AvgIpc) is 3.36. The van der Waals surface area contributed by atoms with E-state index in [2.05, 4.69) is 14.6 Å². The number of likely N-dealkylation sites (tertiary alicyclic amines) is 1. The summed E-state index contributed by atoms with van der Waals surface area (Å²) in [6.07, 6.45) is 3.10. The van der Waals surface area contributed by atoms with E-state index in [4.69, 9.17) is 27.9 Å². The quantitative estimate of drug-likeness (QED) is 0.255. The number of hydrogen-bond acceptors (Lipinski definition) is 7. The number of benzene rings is 2. The molecule has 3 aromatic rings. The number of anilines is 1. The molecule has 0 radical (unpaired) electrons. The van der Waals surface area contributed by atoms with Gasteiger partial charge < -0.3 is 19.5 Å². The number of piperidine rings is 1. The first-order chi connectivity index (χ1) is 16.9. The van der Waals surface area contributed by atoms with Gasteiger partial charge in [-0.2, -0.15) is 0 Å². The minimum atomic E-state index is -0.729. The summed E-state index contributed by atoms with van der Waals surface area (Å²) in [4.78, 5) is 17.9. The first-order valence-corrected chi connectivity index (χ1v) is 13.6. The fourth-order valence-electron chi connectivity index (χ4n) is 3.95. The van der Waals surface area contributed by atoms with Gasteiger partial charge in [-0.05, 0) is 80.5 Å². The minimum Gasteiger partial charge on any atom is -0.481 e. The second kappa shape index (κ2) is 12.3. The van der Waals surface area contributed by atoms with Crippen LogP contribution in [0.3, 0.4) is 0 Å². The molecule has 2 aromatic carbocycles. The molecule has 4 rings (SSSR count). The maximum Gasteiger partial charge on any atom is 0.307 e. The number of nitrogens with one attached hydrogen (secondary N) is 1. The van der Waals surface area contributed by atoms with Crippen LogP contribution in [0, 0.1) is 11.7 Å². The molecule has 2 heterocycles. The van der Waals surface area contributed by atoms with Crippen LogP contribution in [-0.4, -0.2) is 40.6 Å². The van der Waals surface area contributed by atoms with Crippen LogP contribution in [0.15, 0.2) is 46.1 Å². The summed E-state index contributed by atoms with van der Waals surface area (Å²) in [7, 11) is 0. The van der Waals surface area contributed by atoms with Gasteiger partial charge in [0.2, 0.25) is 0 Å². The highest BCUT2D eigenvalue weighted by molar-refractivity contribution is 8.00. The summed E-state index contributed by atoms with van der Waals surface area (Å²) in [5, 5.41) is 12.0. The molecule has 1 fully saturated rings. The first-order valence-electron chi connectivity index (χ1n) is 11.1. The van der Waals surface area contributed by atoms with Gasteiger partial charge in [0, 0.05) is 23.0 Å². The van der Waals surface area contributed by atoms with Crippen molar-refractivity contribution < 1.29 is 19.0 Å². The summed E-state index contributed by atoms with van der Waals surface area (Å²) in [6, 6.07) is 8.08. The fraction of sp³-hybridized carbons (Fsp3) is 0.333. The second-order valence-electron chi connectivity index (χ2n) is 8.23. The van der Waals surface area contributed by atoms with Gasteiger partial charge in [-0.15, -0.1) is 11.3 Å². The van der Waals surface area contributed by atoms with Gasteiger partial charge in [0.15, 0.2) is 0 Å². The van der Waals surface area contributed by atoms with Crippen LogP contribution in [0.4, 0.5) is 10.2 Å². The van der Waals surface area contributed by atoms with Crippen LogP contribution in [0.5, 0.6) is 11.5 Å². The zero-order valence-corrected chi connectivity index (χ0v) is 21.8. The Morgan fingerprint density at radius 2 is 2.17 bits per heavy atom. The average molecular weight is 557 g/mol. The molecule has 0 amide bonds. The van der Waals surface area contributed by atoms with Crippen molar-refractivity contribution in [1.29, 1.82) is 0 Å². The Morgan fingerprint density at radius 3 is 2.94 bits per heavy atom. The minimum absolute atomic E-state index is 0.214. The van der Waals surface area contributed by atoms with Gasteiger partial charge >= 0.3 is 5.97 Å². The number of aliphatic carboxylic acids is 1. The van der Waals surface area contributed by atoms with Gasteiger partial charge in [0.1, 0.15) is 23.1 Å². The van der Waals surface area contributed by atoms with Crippen LogP contribution in [-0.2, 0) is 11.2 Å². The lowest BCUT2D eigenvalue weighted by molar-refractivity contribution is -0.143. The van der Waals surface area contributed by atoms with Crippen molar-refractivity contribution in [3.63, 3.8) is 0 Å². The summed E-state index contributed by atoms with van der Waals surface area (Å²) in [5.41, 5.74) is 2.57. The Labute approximate surface area is 221 Å². The molecule has 186 valence electrons. The molecule has 0 aliphatic carbocycles. The number of aryl methyl sites for hydroxylation is 1. The van der Waals surface area contributed by atoms with E-state index < -0.39 is 11.8 Å². The zero-order valence-electron chi connectivity index (χ0n) is 18.7. The van der Waals surface area contributed by atoms with Crippen LogP contribution in [0.1, 0.15) is 24.8 Å². The van der Waals surface area contributed by atoms with E-state index in [-0.39, 0.29) is 16.7 Å². The molecule has 1 aliphatic rings. The summed E-state index contributed by atoms with van der Waals surface area (Å²) < 4.78 is 23.7. The third-order valence-corrected chi connectivity index (χ3v) is 7.66. The number of thiazole rings is 1. The normalized spacial score (nSPS) is 16.3. The third kappa shape index (κ3) is 7.24. The van der Waals surface area contributed by atoms with Crippen LogP contribution < -0.4 is 9.46 Å². The molecular formula is C24H24Cl2FN3O3S2. The van der Waals surface area contributed by atoms with Crippen molar-refractivity contribution >= 4 is 58.3 Å². The molecule has 11 heteroatoms. The fourth-order valence-corrected chi connectivity index (χ4v) is 5.63. The number of aromatic nitrogens is 1. The van der Waals surface area contributed by atoms with Crippen LogP contribution in [0.2, 0.25) is 10.0 Å². The van der Waals surface area contributed by atoms with E-state index in [0.29, 0.717) is 34.5 Å². The van der Waals surface area contributed by atoms with E-state index in [1.54, 1.807) is 17.6 Å². The summed E-state index contributed by atoms with van der Waals surface area (Å²) >= 11 is 15.2. The molecule has 1 aliphatic heterocycles. The van der Waals surface area contributed by atoms with Crippen LogP contribution >= 0.6 is 46.5 Å². The molecule has 0 bridgehead atoms. The van der Waals surface area contributed by atoms with Gasteiger partial charge in [-0.1, -0.05) is 23.2 Å². The molecule has 0 spiro atoms. The Hall–Kier alpha value is -2.04. The van der Waals surface area contributed by atoms with Crippen molar-refractivity contribution in [2.24, 2.45) is 5.92 Å². The van der Waals surface area contributed by atoms with Crippen LogP contribution in [0.25, 0.3) is 0 Å². The Morgan fingerprint density at radius 1 is 1.31 bits per heavy atom. The summed E-state index contributed by atoms with van der Waals surface area (Å²) in [6.45, 7) is 2.26. The van der Waals surface area contributed by atoms with Crippen molar-refractivity contribution in [3.05, 3.63) is 62.6 Å². The molecule has 6 nitrogen and oxygen atoms in total. The highest BCUT2D eigenvalue weighted by Gasteiger charge is 2.25. The Bertz CT molecular complexity index is 1170. The maximum absolute atomic E-state index is 14.7. The number of carboxylic acid groups (broad SMARTS) is 1. The highest BCUT2D eigenvalue weighted by Crippen LogP contribution is 2.37. The Balaban J connectivity index is 1.40. The summed E-state index contributed by atoms with van der Waals surface area (Å²) in [5.74, 6) is -0.0865. The standard InChI is InChI=1S/C24H24Cl2FN3O3S2/c25-17-5-6-20(15(9-17)3-1-7-30-8-2-4-16(12-30)24(31)32)33-21-11-19(27)22(10-18(21)26)35-29-23-13-34-14-28-23/h5-6,9-11,13-14,16,29H,1-4,7-8,12H2,(H,31,32). The van der Waals surface area contributed by atoms with Gasteiger partial charge in [-0.3, -0.25) is 4.79 Å². The second-order valence-corrected chi connectivity index (χ2v) is 10.6. The van der Waals surface area contributed by atoms with Crippen molar-refractivity contribution in [2.75, 3.05) is 24.4 Å². The number of carboxylic acids is 1. The van der Waals surface area contributed by atoms with Gasteiger partial charge in [0.25, 0.3) is 0 Å². The van der Waals surface area contributed by atoms with Crippen molar-refractivity contribution in [3.8, 4) is 11.5 Å². The Kier molecular flexibility index (Phi) is 9.13. The zero-order chi connectivity index (χ0) is 24.8. The first kappa shape index (κ1) is 26.0. The maximum atomic E-state index is 14.7. The highest BCUT2D eigenvalue weighted by atomic mass is 35.5. The lowest BCUT2D eigenvalue weighted by Crippen LogP contribution is -2.39. The number of hydrogen-bond donors (Lipinski definition) is 2.